The number of terminal acetylenes is 1. The van der Waals surface area contributed by atoms with Crippen LogP contribution in [0.25, 0.3) is 0 Å². The van der Waals surface area contributed by atoms with Crippen molar-refractivity contribution in [3.05, 3.63) is 23.8 Å². The van der Waals surface area contributed by atoms with Crippen molar-refractivity contribution in [1.29, 1.82) is 0 Å². The first-order valence-corrected chi connectivity index (χ1v) is 6.41. The molecule has 96 valence electrons. The Bertz CT molecular complexity index is 437. The van der Waals surface area contributed by atoms with E-state index in [1.54, 1.807) is 0 Å². The summed E-state index contributed by atoms with van der Waals surface area (Å²) in [6.07, 6.45) is 7.20. The third-order valence-corrected chi connectivity index (χ3v) is 2.93. The highest BCUT2D eigenvalue weighted by Crippen LogP contribution is 2.33. The molecule has 1 aliphatic rings. The molecule has 1 heterocycles. The molecular weight excluding hydrogens is 226 g/mol. The lowest BCUT2D eigenvalue weighted by molar-refractivity contribution is 0.171. The fourth-order valence-corrected chi connectivity index (χ4v) is 2.02. The first-order valence-electron chi connectivity index (χ1n) is 6.41. The summed E-state index contributed by atoms with van der Waals surface area (Å²) in [5.74, 6) is 4.36. The van der Waals surface area contributed by atoms with Crippen LogP contribution in [0, 0.1) is 12.3 Å². The van der Waals surface area contributed by atoms with E-state index in [1.165, 1.54) is 0 Å². The molecule has 1 unspecified atom stereocenters. The fourth-order valence-electron chi connectivity index (χ4n) is 2.02. The van der Waals surface area contributed by atoms with Crippen molar-refractivity contribution in [2.75, 3.05) is 19.8 Å². The molecule has 3 nitrogen and oxygen atoms in total. The number of benzene rings is 1. The van der Waals surface area contributed by atoms with Crippen LogP contribution in [0.15, 0.2) is 18.2 Å². The van der Waals surface area contributed by atoms with Gasteiger partial charge in [-0.1, -0.05) is 13.0 Å². The normalized spacial score (nSPS) is 14.9. The van der Waals surface area contributed by atoms with Crippen LogP contribution < -0.4 is 14.8 Å². The van der Waals surface area contributed by atoms with E-state index in [2.05, 4.69) is 24.2 Å². The molecule has 0 fully saturated rings. The van der Waals surface area contributed by atoms with Crippen molar-refractivity contribution in [2.45, 2.75) is 25.8 Å². The molecule has 1 aromatic carbocycles. The first kappa shape index (κ1) is 12.8. The van der Waals surface area contributed by atoms with E-state index in [-0.39, 0.29) is 6.04 Å². The van der Waals surface area contributed by atoms with E-state index in [1.807, 2.05) is 12.1 Å². The second-order valence-electron chi connectivity index (χ2n) is 4.32. The average molecular weight is 245 g/mol. The zero-order valence-corrected chi connectivity index (χ0v) is 10.7. The van der Waals surface area contributed by atoms with Gasteiger partial charge in [-0.3, -0.25) is 0 Å². The summed E-state index contributed by atoms with van der Waals surface area (Å²) in [5, 5.41) is 3.45. The molecule has 0 aromatic heterocycles. The van der Waals surface area contributed by atoms with E-state index in [0.29, 0.717) is 19.6 Å². The lowest BCUT2D eigenvalue weighted by atomic mass is 10.0. The molecular formula is C15H19NO2. The SMILES string of the molecule is C#CCC(NCCC)c1ccc2c(c1)OCCO2. The summed E-state index contributed by atoms with van der Waals surface area (Å²) >= 11 is 0. The standard InChI is InChI=1S/C15H19NO2/c1-3-5-13(16-8-4-2)12-6-7-14-15(11-12)18-10-9-17-14/h1,6-7,11,13,16H,4-5,8-10H2,2H3. The summed E-state index contributed by atoms with van der Waals surface area (Å²) in [6.45, 7) is 4.33. The molecule has 1 N–H and O–H groups in total. The van der Waals surface area contributed by atoms with Crippen LogP contribution in [-0.2, 0) is 0 Å². The number of ether oxygens (including phenoxy) is 2. The number of hydrogen-bond acceptors (Lipinski definition) is 3. The quantitative estimate of drug-likeness (QED) is 0.809. The van der Waals surface area contributed by atoms with Crippen LogP contribution in [0.3, 0.4) is 0 Å². The van der Waals surface area contributed by atoms with Gasteiger partial charge in [0.25, 0.3) is 0 Å². The van der Waals surface area contributed by atoms with Gasteiger partial charge in [0.1, 0.15) is 13.2 Å². The summed E-state index contributed by atoms with van der Waals surface area (Å²) in [7, 11) is 0. The van der Waals surface area contributed by atoms with E-state index in [4.69, 9.17) is 15.9 Å². The van der Waals surface area contributed by atoms with Crippen molar-refractivity contribution < 1.29 is 9.47 Å². The Labute approximate surface area is 108 Å². The van der Waals surface area contributed by atoms with Crippen molar-refractivity contribution >= 4 is 0 Å². The number of hydrogen-bond donors (Lipinski definition) is 1. The molecule has 0 saturated heterocycles. The predicted octanol–water partition coefficient (Wildman–Crippen LogP) is 2.52. The molecule has 1 aliphatic heterocycles. The molecule has 0 amide bonds. The van der Waals surface area contributed by atoms with Gasteiger partial charge in [0, 0.05) is 12.5 Å². The lowest BCUT2D eigenvalue weighted by Crippen LogP contribution is -2.22. The van der Waals surface area contributed by atoms with E-state index in [0.717, 1.165) is 30.0 Å². The Morgan fingerprint density at radius 2 is 2.11 bits per heavy atom. The Balaban J connectivity index is 2.16. The maximum Gasteiger partial charge on any atom is 0.161 e. The van der Waals surface area contributed by atoms with Gasteiger partial charge >= 0.3 is 0 Å². The zero-order valence-electron chi connectivity index (χ0n) is 10.7. The monoisotopic (exact) mass is 245 g/mol. The summed E-state index contributed by atoms with van der Waals surface area (Å²) < 4.78 is 11.1. The third-order valence-electron chi connectivity index (χ3n) is 2.93. The summed E-state index contributed by atoms with van der Waals surface area (Å²) in [5.41, 5.74) is 1.16. The molecule has 1 aromatic rings. The Kier molecular flexibility index (Phi) is 4.49. The molecule has 0 aliphatic carbocycles. The van der Waals surface area contributed by atoms with Crippen LogP contribution in [0.2, 0.25) is 0 Å². The average Bonchev–Trinajstić information content (AvgIpc) is 2.43. The smallest absolute Gasteiger partial charge is 0.161 e. The van der Waals surface area contributed by atoms with Crippen LogP contribution >= 0.6 is 0 Å². The lowest BCUT2D eigenvalue weighted by Gasteiger charge is -2.22. The highest BCUT2D eigenvalue weighted by atomic mass is 16.6. The fraction of sp³-hybridized carbons (Fsp3) is 0.467. The molecule has 0 bridgehead atoms. The minimum absolute atomic E-state index is 0.186. The van der Waals surface area contributed by atoms with Crippen molar-refractivity contribution in [3.8, 4) is 23.8 Å². The molecule has 0 radical (unpaired) electrons. The van der Waals surface area contributed by atoms with Crippen LogP contribution in [0.4, 0.5) is 0 Å². The number of rotatable bonds is 5. The number of fused-ring (bicyclic) bond motifs is 1. The molecule has 2 rings (SSSR count). The molecule has 0 saturated carbocycles. The molecule has 1 atom stereocenters. The largest absolute Gasteiger partial charge is 0.486 e. The molecule has 0 spiro atoms. The van der Waals surface area contributed by atoms with Gasteiger partial charge < -0.3 is 14.8 Å². The maximum atomic E-state index is 5.59. The van der Waals surface area contributed by atoms with Crippen molar-refractivity contribution in [1.82, 2.24) is 5.32 Å². The van der Waals surface area contributed by atoms with Gasteiger partial charge in [-0.05, 0) is 30.7 Å². The highest BCUT2D eigenvalue weighted by Gasteiger charge is 2.15. The van der Waals surface area contributed by atoms with Crippen molar-refractivity contribution in [3.63, 3.8) is 0 Å². The molecule has 18 heavy (non-hydrogen) atoms. The Morgan fingerprint density at radius 1 is 1.33 bits per heavy atom. The topological polar surface area (TPSA) is 30.5 Å². The maximum absolute atomic E-state index is 5.59. The Morgan fingerprint density at radius 3 is 2.83 bits per heavy atom. The van der Waals surface area contributed by atoms with Gasteiger partial charge in [0.2, 0.25) is 0 Å². The minimum Gasteiger partial charge on any atom is -0.486 e. The van der Waals surface area contributed by atoms with Gasteiger partial charge in [-0.25, -0.2) is 0 Å². The van der Waals surface area contributed by atoms with Crippen molar-refractivity contribution in [2.24, 2.45) is 0 Å². The van der Waals surface area contributed by atoms with E-state index < -0.39 is 0 Å². The van der Waals surface area contributed by atoms with Crippen LogP contribution in [0.5, 0.6) is 11.5 Å². The second kappa shape index (κ2) is 6.32. The Hall–Kier alpha value is -1.66. The van der Waals surface area contributed by atoms with E-state index in [9.17, 15) is 0 Å². The van der Waals surface area contributed by atoms with Crippen LogP contribution in [0.1, 0.15) is 31.4 Å². The second-order valence-corrected chi connectivity index (χ2v) is 4.32. The van der Waals surface area contributed by atoms with Gasteiger partial charge in [-0.2, -0.15) is 0 Å². The summed E-state index contributed by atoms with van der Waals surface area (Å²) in [6, 6.07) is 6.23. The third kappa shape index (κ3) is 2.96. The number of nitrogens with one attached hydrogen (secondary N) is 1. The predicted molar refractivity (Wildman–Crippen MR) is 71.9 cm³/mol. The van der Waals surface area contributed by atoms with Gasteiger partial charge in [-0.15, -0.1) is 12.3 Å². The van der Waals surface area contributed by atoms with Gasteiger partial charge in [0.15, 0.2) is 11.5 Å². The highest BCUT2D eigenvalue weighted by molar-refractivity contribution is 5.44. The summed E-state index contributed by atoms with van der Waals surface area (Å²) in [4.78, 5) is 0. The zero-order chi connectivity index (χ0) is 12.8. The van der Waals surface area contributed by atoms with Crippen LogP contribution in [-0.4, -0.2) is 19.8 Å². The van der Waals surface area contributed by atoms with E-state index >= 15 is 0 Å². The van der Waals surface area contributed by atoms with Gasteiger partial charge in [0.05, 0.1) is 0 Å². The molecule has 3 heteroatoms. The first-order chi connectivity index (χ1) is 8.85. The minimum atomic E-state index is 0.186.